The van der Waals surface area contributed by atoms with Gasteiger partial charge in [0, 0.05) is 32.2 Å². The summed E-state index contributed by atoms with van der Waals surface area (Å²) in [6, 6.07) is 0.703. The molecule has 0 amide bonds. The van der Waals surface area contributed by atoms with Crippen LogP contribution in [0.25, 0.3) is 0 Å². The summed E-state index contributed by atoms with van der Waals surface area (Å²) in [4.78, 5) is 2.59. The Morgan fingerprint density at radius 2 is 2.33 bits per heavy atom. The van der Waals surface area contributed by atoms with Gasteiger partial charge in [-0.15, -0.1) is 0 Å². The average molecular weight is 210 g/mol. The molecular formula is C13H26N2. The first-order valence-electron chi connectivity index (χ1n) is 6.34. The quantitative estimate of drug-likeness (QED) is 0.700. The van der Waals surface area contributed by atoms with Gasteiger partial charge in [0.1, 0.15) is 0 Å². The molecule has 1 rings (SSSR count). The Bertz CT molecular complexity index is 189. The van der Waals surface area contributed by atoms with Gasteiger partial charge in [0.05, 0.1) is 0 Å². The predicted molar refractivity (Wildman–Crippen MR) is 67.1 cm³/mol. The zero-order valence-corrected chi connectivity index (χ0v) is 10.5. The zero-order chi connectivity index (χ0) is 11.1. The van der Waals surface area contributed by atoms with Crippen LogP contribution in [0.2, 0.25) is 0 Å². The van der Waals surface area contributed by atoms with Crippen molar-refractivity contribution in [1.82, 2.24) is 10.2 Å². The van der Waals surface area contributed by atoms with Crippen molar-refractivity contribution in [3.8, 4) is 0 Å². The van der Waals surface area contributed by atoms with Crippen LogP contribution in [-0.2, 0) is 0 Å². The van der Waals surface area contributed by atoms with Gasteiger partial charge in [0.25, 0.3) is 0 Å². The maximum absolute atomic E-state index is 3.63. The molecular weight excluding hydrogens is 184 g/mol. The number of rotatable bonds is 5. The van der Waals surface area contributed by atoms with Crippen molar-refractivity contribution in [3.05, 3.63) is 12.2 Å². The number of nitrogens with one attached hydrogen (secondary N) is 1. The summed E-state index contributed by atoms with van der Waals surface area (Å²) in [7, 11) is 0. The summed E-state index contributed by atoms with van der Waals surface area (Å²) in [6.07, 6.45) is 6.89. The van der Waals surface area contributed by atoms with E-state index in [1.165, 1.54) is 32.5 Å². The molecule has 2 atom stereocenters. The van der Waals surface area contributed by atoms with Gasteiger partial charge in [0.2, 0.25) is 0 Å². The lowest BCUT2D eigenvalue weighted by molar-refractivity contribution is 0.171. The summed E-state index contributed by atoms with van der Waals surface area (Å²) < 4.78 is 0. The highest BCUT2D eigenvalue weighted by Crippen LogP contribution is 2.12. The van der Waals surface area contributed by atoms with Crippen molar-refractivity contribution in [2.24, 2.45) is 5.92 Å². The molecule has 0 bridgehead atoms. The van der Waals surface area contributed by atoms with E-state index < -0.39 is 0 Å². The molecule has 0 aromatic heterocycles. The van der Waals surface area contributed by atoms with E-state index in [1.54, 1.807) is 0 Å². The zero-order valence-electron chi connectivity index (χ0n) is 10.5. The van der Waals surface area contributed by atoms with E-state index in [0.717, 1.165) is 12.5 Å². The lowest BCUT2D eigenvalue weighted by Crippen LogP contribution is -2.53. The summed E-state index contributed by atoms with van der Waals surface area (Å²) >= 11 is 0. The fourth-order valence-electron chi connectivity index (χ4n) is 2.13. The molecule has 1 N–H and O–H groups in total. The van der Waals surface area contributed by atoms with Crippen molar-refractivity contribution in [2.75, 3.05) is 26.2 Å². The van der Waals surface area contributed by atoms with Crippen molar-refractivity contribution in [2.45, 2.75) is 39.7 Å². The molecule has 88 valence electrons. The molecule has 1 saturated heterocycles. The second-order valence-corrected chi connectivity index (χ2v) is 4.60. The maximum Gasteiger partial charge on any atom is 0.0221 e. The van der Waals surface area contributed by atoms with Gasteiger partial charge in [-0.1, -0.05) is 32.4 Å². The minimum atomic E-state index is 0.703. The fraction of sp³-hybridized carbons (Fsp3) is 0.846. The standard InChI is InChI=1S/C13H26N2/c1-4-6-7-9-15-10-8-14-13(11-15)12(3)5-2/h4,6,12-14H,5,7-11H2,1-3H3/b6-4+. The lowest BCUT2D eigenvalue weighted by Gasteiger charge is -2.36. The first-order valence-corrected chi connectivity index (χ1v) is 6.34. The van der Waals surface area contributed by atoms with Crippen LogP contribution in [0.1, 0.15) is 33.6 Å². The van der Waals surface area contributed by atoms with Gasteiger partial charge in [0.15, 0.2) is 0 Å². The number of piperazine rings is 1. The van der Waals surface area contributed by atoms with Gasteiger partial charge in [-0.25, -0.2) is 0 Å². The van der Waals surface area contributed by atoms with Crippen LogP contribution >= 0.6 is 0 Å². The van der Waals surface area contributed by atoms with Gasteiger partial charge >= 0.3 is 0 Å². The van der Waals surface area contributed by atoms with E-state index in [4.69, 9.17) is 0 Å². The Morgan fingerprint density at radius 1 is 1.53 bits per heavy atom. The van der Waals surface area contributed by atoms with E-state index in [2.05, 4.69) is 43.1 Å². The van der Waals surface area contributed by atoms with Crippen LogP contribution in [0.4, 0.5) is 0 Å². The van der Waals surface area contributed by atoms with E-state index in [0.29, 0.717) is 6.04 Å². The Labute approximate surface area is 94.7 Å². The molecule has 0 saturated carbocycles. The van der Waals surface area contributed by atoms with Crippen LogP contribution < -0.4 is 5.32 Å². The number of hydrogen-bond acceptors (Lipinski definition) is 2. The molecule has 0 aliphatic carbocycles. The summed E-state index contributed by atoms with van der Waals surface area (Å²) in [5.41, 5.74) is 0. The molecule has 0 aromatic carbocycles. The highest BCUT2D eigenvalue weighted by Gasteiger charge is 2.22. The third-order valence-electron chi connectivity index (χ3n) is 3.47. The Kier molecular flexibility index (Phi) is 5.96. The second kappa shape index (κ2) is 7.02. The smallest absolute Gasteiger partial charge is 0.0221 e. The van der Waals surface area contributed by atoms with Crippen molar-refractivity contribution in [1.29, 1.82) is 0 Å². The first kappa shape index (κ1) is 12.7. The largest absolute Gasteiger partial charge is 0.311 e. The van der Waals surface area contributed by atoms with E-state index >= 15 is 0 Å². The highest BCUT2D eigenvalue weighted by atomic mass is 15.2. The normalized spacial score (nSPS) is 25.9. The third kappa shape index (κ3) is 4.35. The molecule has 2 nitrogen and oxygen atoms in total. The lowest BCUT2D eigenvalue weighted by atomic mass is 9.97. The molecule has 1 fully saturated rings. The van der Waals surface area contributed by atoms with Gasteiger partial charge in [-0.3, -0.25) is 0 Å². The van der Waals surface area contributed by atoms with Crippen LogP contribution in [0.15, 0.2) is 12.2 Å². The summed E-state index contributed by atoms with van der Waals surface area (Å²) in [5.74, 6) is 0.800. The van der Waals surface area contributed by atoms with Crippen molar-refractivity contribution < 1.29 is 0 Å². The van der Waals surface area contributed by atoms with Crippen LogP contribution in [0, 0.1) is 5.92 Å². The number of hydrogen-bond donors (Lipinski definition) is 1. The molecule has 1 aliphatic heterocycles. The highest BCUT2D eigenvalue weighted by molar-refractivity contribution is 4.84. The Balaban J connectivity index is 2.28. The monoisotopic (exact) mass is 210 g/mol. The van der Waals surface area contributed by atoms with Crippen LogP contribution in [-0.4, -0.2) is 37.1 Å². The second-order valence-electron chi connectivity index (χ2n) is 4.60. The Morgan fingerprint density at radius 3 is 3.00 bits per heavy atom. The van der Waals surface area contributed by atoms with Gasteiger partial charge in [-0.05, 0) is 19.3 Å². The van der Waals surface area contributed by atoms with E-state index in [-0.39, 0.29) is 0 Å². The van der Waals surface area contributed by atoms with E-state index in [1.807, 2.05) is 0 Å². The third-order valence-corrected chi connectivity index (χ3v) is 3.47. The maximum atomic E-state index is 3.63. The van der Waals surface area contributed by atoms with Gasteiger partial charge in [-0.2, -0.15) is 0 Å². The van der Waals surface area contributed by atoms with Crippen LogP contribution in [0.5, 0.6) is 0 Å². The number of allylic oxidation sites excluding steroid dienone is 1. The molecule has 15 heavy (non-hydrogen) atoms. The Hall–Kier alpha value is -0.340. The minimum Gasteiger partial charge on any atom is -0.311 e. The predicted octanol–water partition coefficient (Wildman–Crippen LogP) is 2.27. The summed E-state index contributed by atoms with van der Waals surface area (Å²) in [6.45, 7) is 11.6. The van der Waals surface area contributed by atoms with Crippen molar-refractivity contribution in [3.63, 3.8) is 0 Å². The van der Waals surface area contributed by atoms with Crippen LogP contribution in [0.3, 0.4) is 0 Å². The molecule has 0 radical (unpaired) electrons. The molecule has 0 spiro atoms. The molecule has 1 aliphatic rings. The number of nitrogens with zero attached hydrogens (tertiary/aromatic N) is 1. The topological polar surface area (TPSA) is 15.3 Å². The molecule has 0 aromatic rings. The minimum absolute atomic E-state index is 0.703. The molecule has 1 heterocycles. The molecule has 2 heteroatoms. The molecule has 2 unspecified atom stereocenters. The van der Waals surface area contributed by atoms with Gasteiger partial charge < -0.3 is 10.2 Å². The fourth-order valence-corrected chi connectivity index (χ4v) is 2.13. The van der Waals surface area contributed by atoms with Crippen molar-refractivity contribution >= 4 is 0 Å². The van der Waals surface area contributed by atoms with E-state index in [9.17, 15) is 0 Å². The SMILES string of the molecule is C/C=C/CCN1CCNC(C(C)CC)C1. The average Bonchev–Trinajstić information content (AvgIpc) is 2.29. The first-order chi connectivity index (χ1) is 7.27. The summed E-state index contributed by atoms with van der Waals surface area (Å²) in [5, 5.41) is 3.63.